The molecular weight excluding hydrogens is 168 g/mol. The van der Waals surface area contributed by atoms with Crippen LogP contribution in [-0.2, 0) is 9.47 Å². The Hall–Kier alpha value is -0.160. The van der Waals surface area contributed by atoms with Crippen LogP contribution in [0.15, 0.2) is 0 Å². The second-order valence-corrected chi connectivity index (χ2v) is 3.50. The van der Waals surface area contributed by atoms with Gasteiger partial charge in [-0.25, -0.2) is 0 Å². The van der Waals surface area contributed by atoms with E-state index in [9.17, 15) is 0 Å². The van der Waals surface area contributed by atoms with Crippen LogP contribution < -0.4 is 11.3 Å². The Morgan fingerprint density at radius 2 is 2.38 bits per heavy atom. The summed E-state index contributed by atoms with van der Waals surface area (Å²) in [5.74, 6) is 5.43. The highest BCUT2D eigenvalue weighted by molar-refractivity contribution is 4.81. The second kappa shape index (κ2) is 5.54. The van der Waals surface area contributed by atoms with Gasteiger partial charge in [0.15, 0.2) is 0 Å². The summed E-state index contributed by atoms with van der Waals surface area (Å²) in [6, 6.07) is 0.130. The van der Waals surface area contributed by atoms with E-state index in [-0.39, 0.29) is 12.1 Å². The first-order valence-corrected chi connectivity index (χ1v) is 4.97. The van der Waals surface area contributed by atoms with Gasteiger partial charge in [0.1, 0.15) is 0 Å². The third-order valence-electron chi connectivity index (χ3n) is 2.43. The topological polar surface area (TPSA) is 56.5 Å². The van der Waals surface area contributed by atoms with Crippen LogP contribution in [0.3, 0.4) is 0 Å². The normalized spacial score (nSPS) is 30.7. The van der Waals surface area contributed by atoms with Crippen LogP contribution in [0, 0.1) is 0 Å². The van der Waals surface area contributed by atoms with E-state index < -0.39 is 0 Å². The Labute approximate surface area is 79.7 Å². The van der Waals surface area contributed by atoms with Gasteiger partial charge in [0.25, 0.3) is 0 Å². The Kier molecular flexibility index (Phi) is 4.66. The van der Waals surface area contributed by atoms with Crippen molar-refractivity contribution in [2.24, 2.45) is 5.84 Å². The number of nitrogens with one attached hydrogen (secondary N) is 1. The molecule has 3 unspecified atom stereocenters. The monoisotopic (exact) mass is 188 g/mol. The van der Waals surface area contributed by atoms with E-state index in [1.807, 2.05) is 6.92 Å². The number of hydrazine groups is 1. The standard InChI is InChI=1S/C9H20N2O2/c1-3-12-6-8(11-10)9-5-4-7(2)13-9/h7-9,11H,3-6,10H2,1-2H3. The van der Waals surface area contributed by atoms with Gasteiger partial charge >= 0.3 is 0 Å². The molecule has 0 amide bonds. The smallest absolute Gasteiger partial charge is 0.0768 e. The van der Waals surface area contributed by atoms with Crippen LogP contribution in [0.4, 0.5) is 0 Å². The predicted octanol–water partition coefficient (Wildman–Crippen LogP) is 0.422. The van der Waals surface area contributed by atoms with E-state index in [2.05, 4.69) is 12.3 Å². The molecule has 0 aromatic carbocycles. The van der Waals surface area contributed by atoms with E-state index in [0.717, 1.165) is 19.4 Å². The molecule has 0 aromatic rings. The van der Waals surface area contributed by atoms with Crippen LogP contribution in [0.5, 0.6) is 0 Å². The van der Waals surface area contributed by atoms with Crippen molar-refractivity contribution in [3.8, 4) is 0 Å². The van der Waals surface area contributed by atoms with Crippen molar-refractivity contribution in [1.29, 1.82) is 0 Å². The van der Waals surface area contributed by atoms with Gasteiger partial charge in [0, 0.05) is 6.61 Å². The molecule has 1 heterocycles. The molecule has 4 nitrogen and oxygen atoms in total. The van der Waals surface area contributed by atoms with Crippen molar-refractivity contribution < 1.29 is 9.47 Å². The Bertz CT molecular complexity index is 144. The molecule has 0 bridgehead atoms. The molecule has 3 N–H and O–H groups in total. The highest BCUT2D eigenvalue weighted by Crippen LogP contribution is 2.21. The molecule has 3 atom stereocenters. The number of rotatable bonds is 5. The molecule has 4 heteroatoms. The van der Waals surface area contributed by atoms with Crippen molar-refractivity contribution in [2.75, 3.05) is 13.2 Å². The maximum Gasteiger partial charge on any atom is 0.0768 e. The average Bonchev–Trinajstić information content (AvgIpc) is 2.54. The lowest BCUT2D eigenvalue weighted by Gasteiger charge is -2.22. The number of ether oxygens (including phenoxy) is 2. The van der Waals surface area contributed by atoms with Gasteiger partial charge in [-0.05, 0) is 26.7 Å². The lowest BCUT2D eigenvalue weighted by molar-refractivity contribution is 0.00371. The van der Waals surface area contributed by atoms with Crippen LogP contribution in [-0.4, -0.2) is 31.5 Å². The lowest BCUT2D eigenvalue weighted by Crippen LogP contribution is -2.47. The third kappa shape index (κ3) is 3.23. The van der Waals surface area contributed by atoms with E-state index in [1.54, 1.807) is 0 Å². The summed E-state index contributed by atoms with van der Waals surface area (Å²) in [5.41, 5.74) is 2.75. The molecule has 0 spiro atoms. The minimum atomic E-state index is 0.130. The van der Waals surface area contributed by atoms with Gasteiger partial charge < -0.3 is 9.47 Å². The molecule has 78 valence electrons. The number of nitrogens with two attached hydrogens (primary N) is 1. The van der Waals surface area contributed by atoms with Crippen LogP contribution in [0.25, 0.3) is 0 Å². The zero-order chi connectivity index (χ0) is 9.68. The lowest BCUT2D eigenvalue weighted by atomic mass is 10.1. The van der Waals surface area contributed by atoms with Crippen molar-refractivity contribution >= 4 is 0 Å². The first kappa shape index (κ1) is 10.9. The van der Waals surface area contributed by atoms with Crippen molar-refractivity contribution in [3.05, 3.63) is 0 Å². The molecule has 0 aromatic heterocycles. The van der Waals surface area contributed by atoms with E-state index in [4.69, 9.17) is 15.3 Å². The molecular formula is C9H20N2O2. The van der Waals surface area contributed by atoms with E-state index in [1.165, 1.54) is 0 Å². The SMILES string of the molecule is CCOCC(NN)C1CCC(C)O1. The van der Waals surface area contributed by atoms with Crippen molar-refractivity contribution in [3.63, 3.8) is 0 Å². The Morgan fingerprint density at radius 1 is 1.62 bits per heavy atom. The fraction of sp³-hybridized carbons (Fsp3) is 1.00. The summed E-state index contributed by atoms with van der Waals surface area (Å²) in [5, 5.41) is 0. The van der Waals surface area contributed by atoms with Gasteiger partial charge in [-0.3, -0.25) is 11.3 Å². The fourth-order valence-corrected chi connectivity index (χ4v) is 1.64. The Balaban J connectivity index is 2.29. The van der Waals surface area contributed by atoms with Gasteiger partial charge in [0.05, 0.1) is 24.9 Å². The molecule has 1 aliphatic rings. The number of hydrogen-bond acceptors (Lipinski definition) is 4. The quantitative estimate of drug-likeness (QED) is 0.485. The summed E-state index contributed by atoms with van der Waals surface area (Å²) in [7, 11) is 0. The summed E-state index contributed by atoms with van der Waals surface area (Å²) < 4.78 is 11.0. The summed E-state index contributed by atoms with van der Waals surface area (Å²) in [6.07, 6.45) is 2.77. The van der Waals surface area contributed by atoms with Crippen molar-refractivity contribution in [2.45, 2.75) is 44.9 Å². The number of hydrogen-bond donors (Lipinski definition) is 2. The minimum absolute atomic E-state index is 0.130. The minimum Gasteiger partial charge on any atom is -0.380 e. The Morgan fingerprint density at radius 3 is 2.85 bits per heavy atom. The van der Waals surface area contributed by atoms with Gasteiger partial charge in [-0.2, -0.15) is 0 Å². The first-order chi connectivity index (χ1) is 6.27. The third-order valence-corrected chi connectivity index (χ3v) is 2.43. The van der Waals surface area contributed by atoms with Crippen molar-refractivity contribution in [1.82, 2.24) is 5.43 Å². The molecule has 1 rings (SSSR count). The highest BCUT2D eigenvalue weighted by Gasteiger charge is 2.28. The summed E-state index contributed by atoms with van der Waals surface area (Å²) >= 11 is 0. The summed E-state index contributed by atoms with van der Waals surface area (Å²) in [4.78, 5) is 0. The predicted molar refractivity (Wildman–Crippen MR) is 51.2 cm³/mol. The summed E-state index contributed by atoms with van der Waals surface area (Å²) in [6.45, 7) is 5.42. The van der Waals surface area contributed by atoms with E-state index in [0.29, 0.717) is 12.7 Å². The second-order valence-electron chi connectivity index (χ2n) is 3.50. The fourth-order valence-electron chi connectivity index (χ4n) is 1.64. The van der Waals surface area contributed by atoms with Gasteiger partial charge in [0.2, 0.25) is 0 Å². The maximum atomic E-state index is 5.69. The molecule has 1 aliphatic heterocycles. The van der Waals surface area contributed by atoms with Crippen LogP contribution in [0.1, 0.15) is 26.7 Å². The average molecular weight is 188 g/mol. The molecule has 13 heavy (non-hydrogen) atoms. The van der Waals surface area contributed by atoms with E-state index >= 15 is 0 Å². The molecule has 0 radical (unpaired) electrons. The molecule has 0 aliphatic carbocycles. The zero-order valence-electron chi connectivity index (χ0n) is 8.45. The first-order valence-electron chi connectivity index (χ1n) is 4.97. The van der Waals surface area contributed by atoms with Gasteiger partial charge in [-0.15, -0.1) is 0 Å². The highest BCUT2D eigenvalue weighted by atomic mass is 16.5. The van der Waals surface area contributed by atoms with Crippen LogP contribution >= 0.6 is 0 Å². The molecule has 1 saturated heterocycles. The molecule has 0 saturated carbocycles. The van der Waals surface area contributed by atoms with Crippen LogP contribution in [0.2, 0.25) is 0 Å². The van der Waals surface area contributed by atoms with Gasteiger partial charge in [-0.1, -0.05) is 0 Å². The largest absolute Gasteiger partial charge is 0.380 e. The zero-order valence-corrected chi connectivity index (χ0v) is 8.45. The maximum absolute atomic E-state index is 5.69. The molecule has 1 fully saturated rings.